The summed E-state index contributed by atoms with van der Waals surface area (Å²) in [6.45, 7) is 2.50. The molecule has 1 aliphatic heterocycles. The molecule has 1 atom stereocenters. The van der Waals surface area contributed by atoms with Gasteiger partial charge < -0.3 is 21.1 Å². The number of halogens is 3. The number of phenolic OH excluding ortho intramolecular Hbond substituents is 1. The summed E-state index contributed by atoms with van der Waals surface area (Å²) in [5, 5.41) is 17.6. The predicted octanol–water partition coefficient (Wildman–Crippen LogP) is 4.08. The second kappa shape index (κ2) is 9.82. The topological polar surface area (TPSA) is 108 Å². The number of rotatable bonds is 4. The van der Waals surface area contributed by atoms with E-state index in [4.69, 9.17) is 11.6 Å². The summed E-state index contributed by atoms with van der Waals surface area (Å²) in [6, 6.07) is 6.06. The van der Waals surface area contributed by atoms with Crippen LogP contribution in [0.25, 0.3) is 0 Å². The average molecular weight is 478 g/mol. The molecule has 0 radical (unpaired) electrons. The van der Waals surface area contributed by atoms with Gasteiger partial charge in [-0.1, -0.05) is 17.7 Å². The molecule has 1 fully saturated rings. The number of nitrogens with one attached hydrogen (secondary N) is 3. The minimum Gasteiger partial charge on any atom is -0.504 e. The lowest BCUT2D eigenvalue weighted by Gasteiger charge is -2.24. The number of anilines is 2. The largest absolute Gasteiger partial charge is 0.504 e. The summed E-state index contributed by atoms with van der Waals surface area (Å²) >= 11 is 6.08. The van der Waals surface area contributed by atoms with E-state index in [1.165, 1.54) is 37.3 Å². The highest BCUT2D eigenvalue weighted by atomic mass is 35.5. The van der Waals surface area contributed by atoms with Crippen molar-refractivity contribution in [3.8, 4) is 5.75 Å². The van der Waals surface area contributed by atoms with Crippen LogP contribution in [0, 0.1) is 12.7 Å². The standard InChI is InChI=1S/C19H21ClFN3O4S.ClH/c1-11-14(21)5-2-6-15(11)23-19(26)24-16-8-7-13(20)18(17(16)25)29(27,28)12-4-3-9-22-10-12;/h2,5-8,12,22,25H,3-4,9-10H2,1H3,(H2,23,24,26);1H/t12-;/m0./s1. The minimum absolute atomic E-state index is 0. The van der Waals surface area contributed by atoms with Crippen molar-refractivity contribution in [2.24, 2.45) is 0 Å². The first-order chi connectivity index (χ1) is 13.7. The van der Waals surface area contributed by atoms with Crippen LogP contribution >= 0.6 is 24.0 Å². The molecule has 0 spiro atoms. The van der Waals surface area contributed by atoms with Gasteiger partial charge in [0, 0.05) is 17.8 Å². The molecule has 0 aromatic heterocycles. The molecule has 0 saturated carbocycles. The first kappa shape index (κ1) is 24.2. The highest BCUT2D eigenvalue weighted by Crippen LogP contribution is 2.39. The van der Waals surface area contributed by atoms with Crippen LogP contribution in [0.3, 0.4) is 0 Å². The zero-order chi connectivity index (χ0) is 21.2. The summed E-state index contributed by atoms with van der Waals surface area (Å²) in [5.74, 6) is -1.11. The second-order valence-corrected chi connectivity index (χ2v) is 9.35. The van der Waals surface area contributed by atoms with Crippen molar-refractivity contribution in [3.05, 3.63) is 46.7 Å². The number of sulfone groups is 1. The summed E-state index contributed by atoms with van der Waals surface area (Å²) < 4.78 is 39.6. The monoisotopic (exact) mass is 477 g/mol. The van der Waals surface area contributed by atoms with E-state index in [-0.39, 0.29) is 40.9 Å². The van der Waals surface area contributed by atoms with Crippen molar-refractivity contribution < 1.29 is 22.7 Å². The number of carbonyl (C=O) groups is 1. The van der Waals surface area contributed by atoms with Crippen molar-refractivity contribution in [2.45, 2.75) is 29.9 Å². The fourth-order valence-electron chi connectivity index (χ4n) is 3.19. The molecular weight excluding hydrogens is 456 g/mol. The molecule has 0 unspecified atom stereocenters. The van der Waals surface area contributed by atoms with E-state index in [2.05, 4.69) is 16.0 Å². The maximum absolute atomic E-state index is 13.6. The average Bonchev–Trinajstić information content (AvgIpc) is 2.68. The molecule has 3 rings (SSSR count). The molecule has 11 heteroatoms. The van der Waals surface area contributed by atoms with Crippen molar-refractivity contribution in [2.75, 3.05) is 23.7 Å². The van der Waals surface area contributed by atoms with Crippen LogP contribution in [-0.2, 0) is 9.84 Å². The third kappa shape index (κ3) is 4.97. The van der Waals surface area contributed by atoms with Crippen molar-refractivity contribution in [1.82, 2.24) is 5.32 Å². The Morgan fingerprint density at radius 1 is 1.23 bits per heavy atom. The third-order valence-corrected chi connectivity index (χ3v) is 7.51. The Morgan fingerprint density at radius 2 is 1.93 bits per heavy atom. The van der Waals surface area contributed by atoms with Gasteiger partial charge >= 0.3 is 6.03 Å². The minimum atomic E-state index is -3.92. The molecule has 2 aromatic rings. The van der Waals surface area contributed by atoms with E-state index in [9.17, 15) is 22.7 Å². The SMILES string of the molecule is Cc1c(F)cccc1NC(=O)Nc1ccc(Cl)c(S(=O)(=O)[C@H]2CCCNC2)c1O.Cl. The van der Waals surface area contributed by atoms with Gasteiger partial charge in [-0.3, -0.25) is 0 Å². The Labute approximate surface area is 185 Å². The summed E-state index contributed by atoms with van der Waals surface area (Å²) in [4.78, 5) is 11.9. The number of aromatic hydroxyl groups is 1. The Bertz CT molecular complexity index is 1040. The van der Waals surface area contributed by atoms with E-state index in [1.807, 2.05) is 0 Å². The van der Waals surface area contributed by atoms with Gasteiger partial charge in [-0.05, 0) is 50.6 Å². The lowest BCUT2D eigenvalue weighted by atomic mass is 10.2. The normalized spacial score (nSPS) is 16.4. The molecule has 4 N–H and O–H groups in total. The van der Waals surface area contributed by atoms with Gasteiger partial charge in [0.15, 0.2) is 15.6 Å². The number of benzene rings is 2. The van der Waals surface area contributed by atoms with E-state index in [0.717, 1.165) is 6.54 Å². The van der Waals surface area contributed by atoms with Crippen LogP contribution in [0.4, 0.5) is 20.6 Å². The summed E-state index contributed by atoms with van der Waals surface area (Å²) in [5.41, 5.74) is 0.372. The number of piperidine rings is 1. The van der Waals surface area contributed by atoms with Crippen LogP contribution in [0.15, 0.2) is 35.2 Å². The molecule has 0 bridgehead atoms. The smallest absolute Gasteiger partial charge is 0.323 e. The highest BCUT2D eigenvalue weighted by Gasteiger charge is 2.34. The highest BCUT2D eigenvalue weighted by molar-refractivity contribution is 7.92. The van der Waals surface area contributed by atoms with Crippen LogP contribution < -0.4 is 16.0 Å². The maximum atomic E-state index is 13.6. The van der Waals surface area contributed by atoms with Gasteiger partial charge in [0.25, 0.3) is 0 Å². The molecule has 1 heterocycles. The van der Waals surface area contributed by atoms with Crippen LogP contribution in [-0.4, -0.2) is 37.9 Å². The van der Waals surface area contributed by atoms with E-state index < -0.39 is 37.6 Å². The lowest BCUT2D eigenvalue weighted by Crippen LogP contribution is -2.38. The van der Waals surface area contributed by atoms with Crippen LogP contribution in [0.5, 0.6) is 5.75 Å². The zero-order valence-corrected chi connectivity index (χ0v) is 18.4. The maximum Gasteiger partial charge on any atom is 0.323 e. The molecule has 1 aliphatic rings. The molecule has 30 heavy (non-hydrogen) atoms. The molecule has 1 saturated heterocycles. The van der Waals surface area contributed by atoms with Crippen molar-refractivity contribution in [3.63, 3.8) is 0 Å². The zero-order valence-electron chi connectivity index (χ0n) is 16.0. The van der Waals surface area contributed by atoms with Crippen molar-refractivity contribution in [1.29, 1.82) is 0 Å². The van der Waals surface area contributed by atoms with Gasteiger partial charge in [-0.2, -0.15) is 0 Å². The van der Waals surface area contributed by atoms with Gasteiger partial charge in [0.2, 0.25) is 0 Å². The Hall–Kier alpha value is -2.07. The Morgan fingerprint density at radius 3 is 2.60 bits per heavy atom. The molecule has 2 aromatic carbocycles. The van der Waals surface area contributed by atoms with Gasteiger partial charge in [-0.25, -0.2) is 17.6 Å². The molecule has 0 aliphatic carbocycles. The molecule has 164 valence electrons. The van der Waals surface area contributed by atoms with Crippen LogP contribution in [0.1, 0.15) is 18.4 Å². The molecule has 2 amide bonds. The first-order valence-corrected chi connectivity index (χ1v) is 10.9. The Balaban J connectivity index is 0.00000320. The lowest BCUT2D eigenvalue weighted by molar-refractivity contribution is 0.262. The first-order valence-electron chi connectivity index (χ1n) is 9.01. The quantitative estimate of drug-likeness (QED) is 0.496. The van der Waals surface area contributed by atoms with E-state index in [1.54, 1.807) is 0 Å². The van der Waals surface area contributed by atoms with Crippen molar-refractivity contribution >= 4 is 51.3 Å². The van der Waals surface area contributed by atoms with E-state index in [0.29, 0.717) is 12.8 Å². The fourth-order valence-corrected chi connectivity index (χ4v) is 5.53. The fraction of sp³-hybridized carbons (Fsp3) is 0.316. The number of urea groups is 1. The predicted molar refractivity (Wildman–Crippen MR) is 117 cm³/mol. The number of carbonyl (C=O) groups excluding carboxylic acids is 1. The number of hydrogen-bond acceptors (Lipinski definition) is 5. The summed E-state index contributed by atoms with van der Waals surface area (Å²) in [6.07, 6.45) is 1.14. The van der Waals surface area contributed by atoms with Gasteiger partial charge in [-0.15, -0.1) is 12.4 Å². The number of hydrogen-bond donors (Lipinski definition) is 4. The van der Waals surface area contributed by atoms with Gasteiger partial charge in [0.05, 0.1) is 16.0 Å². The number of phenols is 1. The van der Waals surface area contributed by atoms with Crippen LogP contribution in [0.2, 0.25) is 5.02 Å². The van der Waals surface area contributed by atoms with Gasteiger partial charge in [0.1, 0.15) is 10.7 Å². The molecular formula is C19H22Cl2FN3O4S. The molecule has 7 nitrogen and oxygen atoms in total. The van der Waals surface area contributed by atoms with E-state index >= 15 is 0 Å². The Kier molecular flexibility index (Phi) is 7.93. The number of amides is 2. The third-order valence-electron chi connectivity index (χ3n) is 4.82. The second-order valence-electron chi connectivity index (χ2n) is 6.78. The summed E-state index contributed by atoms with van der Waals surface area (Å²) in [7, 11) is -3.92.